The predicted octanol–water partition coefficient (Wildman–Crippen LogP) is 3.01. The zero-order chi connectivity index (χ0) is 16.9. The van der Waals surface area contributed by atoms with Crippen molar-refractivity contribution in [3.05, 3.63) is 52.8 Å². The Kier molecular flexibility index (Phi) is 3.51. The van der Waals surface area contributed by atoms with E-state index in [4.69, 9.17) is 11.6 Å². The standard InChI is InChI=1S/C18H19ClN4O/c1-18(2)16-5-11(19)3-4-15(16)17(24)23(18)14-6-12(7-21-10-14)22-13-8-20-9-13/h3-7,10,13,20,22H,8-9H2,1-2H3. The summed E-state index contributed by atoms with van der Waals surface area (Å²) in [6.07, 6.45) is 3.52. The van der Waals surface area contributed by atoms with Crippen molar-refractivity contribution in [1.82, 2.24) is 10.3 Å². The number of pyridine rings is 1. The lowest BCUT2D eigenvalue weighted by Crippen LogP contribution is -2.51. The number of aromatic nitrogens is 1. The monoisotopic (exact) mass is 342 g/mol. The van der Waals surface area contributed by atoms with Gasteiger partial charge in [-0.3, -0.25) is 14.7 Å². The number of fused-ring (bicyclic) bond motifs is 1. The van der Waals surface area contributed by atoms with Crippen LogP contribution >= 0.6 is 11.6 Å². The van der Waals surface area contributed by atoms with Crippen LogP contribution in [0, 0.1) is 0 Å². The fourth-order valence-corrected chi connectivity index (χ4v) is 3.57. The van der Waals surface area contributed by atoms with Crippen LogP contribution in [0.1, 0.15) is 29.8 Å². The highest BCUT2D eigenvalue weighted by molar-refractivity contribution is 6.31. The first-order valence-electron chi connectivity index (χ1n) is 8.04. The Balaban J connectivity index is 1.71. The van der Waals surface area contributed by atoms with Gasteiger partial charge in [-0.15, -0.1) is 0 Å². The van der Waals surface area contributed by atoms with Crippen molar-refractivity contribution in [3.8, 4) is 0 Å². The lowest BCUT2D eigenvalue weighted by molar-refractivity contribution is 0.0982. The number of hydrogen-bond donors (Lipinski definition) is 2. The van der Waals surface area contributed by atoms with Crippen LogP contribution in [-0.4, -0.2) is 30.0 Å². The van der Waals surface area contributed by atoms with Gasteiger partial charge < -0.3 is 10.6 Å². The van der Waals surface area contributed by atoms with Crippen LogP contribution in [0.4, 0.5) is 11.4 Å². The van der Waals surface area contributed by atoms with E-state index in [0.29, 0.717) is 16.6 Å². The predicted molar refractivity (Wildman–Crippen MR) is 95.8 cm³/mol. The molecule has 124 valence electrons. The van der Waals surface area contributed by atoms with E-state index in [0.717, 1.165) is 30.0 Å². The Morgan fingerprint density at radius 2 is 2.08 bits per heavy atom. The molecule has 2 aliphatic rings. The van der Waals surface area contributed by atoms with E-state index in [2.05, 4.69) is 15.6 Å². The molecule has 2 aromatic rings. The first-order valence-corrected chi connectivity index (χ1v) is 8.41. The van der Waals surface area contributed by atoms with Crippen molar-refractivity contribution in [2.45, 2.75) is 25.4 Å². The number of anilines is 2. The van der Waals surface area contributed by atoms with Gasteiger partial charge in [0.2, 0.25) is 0 Å². The maximum Gasteiger partial charge on any atom is 0.259 e. The number of amides is 1. The van der Waals surface area contributed by atoms with Crippen LogP contribution < -0.4 is 15.5 Å². The zero-order valence-electron chi connectivity index (χ0n) is 13.6. The van der Waals surface area contributed by atoms with Crippen molar-refractivity contribution >= 4 is 28.9 Å². The fourth-order valence-electron chi connectivity index (χ4n) is 3.40. The van der Waals surface area contributed by atoms with Gasteiger partial charge in [-0.2, -0.15) is 0 Å². The number of hydrogen-bond acceptors (Lipinski definition) is 4. The average molecular weight is 343 g/mol. The van der Waals surface area contributed by atoms with Gasteiger partial charge in [-0.05, 0) is 43.7 Å². The van der Waals surface area contributed by atoms with Crippen LogP contribution in [0.2, 0.25) is 5.02 Å². The summed E-state index contributed by atoms with van der Waals surface area (Å²) in [6.45, 7) is 5.96. The van der Waals surface area contributed by atoms with Gasteiger partial charge in [0.05, 0.1) is 35.3 Å². The first-order chi connectivity index (χ1) is 11.5. The summed E-state index contributed by atoms with van der Waals surface area (Å²) in [5.41, 5.74) is 2.88. The number of nitrogens with zero attached hydrogens (tertiary/aromatic N) is 2. The van der Waals surface area contributed by atoms with E-state index in [1.165, 1.54) is 0 Å². The normalized spacial score (nSPS) is 19.1. The van der Waals surface area contributed by atoms with Crippen LogP contribution in [0.5, 0.6) is 0 Å². The maximum atomic E-state index is 12.9. The van der Waals surface area contributed by atoms with Crippen LogP contribution in [-0.2, 0) is 5.54 Å². The number of nitrogens with one attached hydrogen (secondary N) is 2. The third-order valence-corrected chi connectivity index (χ3v) is 5.00. The Hall–Kier alpha value is -2.11. The van der Waals surface area contributed by atoms with Crippen molar-refractivity contribution in [2.24, 2.45) is 0 Å². The smallest absolute Gasteiger partial charge is 0.259 e. The van der Waals surface area contributed by atoms with Gasteiger partial charge in [-0.25, -0.2) is 0 Å². The SMILES string of the molecule is CC1(C)c2cc(Cl)ccc2C(=O)N1c1cncc(NC2CNC2)c1. The van der Waals surface area contributed by atoms with Gasteiger partial charge in [0.1, 0.15) is 0 Å². The quantitative estimate of drug-likeness (QED) is 0.900. The molecule has 1 aromatic heterocycles. The molecule has 0 unspecified atom stereocenters. The van der Waals surface area contributed by atoms with Crippen LogP contribution in [0.15, 0.2) is 36.7 Å². The van der Waals surface area contributed by atoms with E-state index >= 15 is 0 Å². The molecule has 5 nitrogen and oxygen atoms in total. The molecule has 2 N–H and O–H groups in total. The van der Waals surface area contributed by atoms with Crippen molar-refractivity contribution in [2.75, 3.05) is 23.3 Å². The average Bonchev–Trinajstić information content (AvgIpc) is 2.70. The largest absolute Gasteiger partial charge is 0.378 e. The summed E-state index contributed by atoms with van der Waals surface area (Å²) in [6, 6.07) is 7.85. The molecular formula is C18H19ClN4O. The van der Waals surface area contributed by atoms with Crippen LogP contribution in [0.25, 0.3) is 0 Å². The summed E-state index contributed by atoms with van der Waals surface area (Å²) < 4.78 is 0. The third-order valence-electron chi connectivity index (χ3n) is 4.77. The number of carbonyl (C=O) groups is 1. The Morgan fingerprint density at radius 3 is 2.79 bits per heavy atom. The number of carbonyl (C=O) groups excluding carboxylic acids is 1. The molecule has 1 fully saturated rings. The third kappa shape index (κ3) is 2.36. The van der Waals surface area contributed by atoms with Gasteiger partial charge in [0.15, 0.2) is 0 Å². The topological polar surface area (TPSA) is 57.3 Å². The minimum absolute atomic E-state index is 0.0177. The highest BCUT2D eigenvalue weighted by Gasteiger charge is 2.44. The highest BCUT2D eigenvalue weighted by Crippen LogP contribution is 2.42. The van der Waals surface area contributed by atoms with E-state index in [1.807, 2.05) is 26.0 Å². The zero-order valence-corrected chi connectivity index (χ0v) is 14.4. The first kappa shape index (κ1) is 15.4. The molecule has 6 heteroatoms. The summed E-state index contributed by atoms with van der Waals surface area (Å²) in [7, 11) is 0. The molecule has 0 saturated carbocycles. The molecule has 4 rings (SSSR count). The summed E-state index contributed by atoms with van der Waals surface area (Å²) in [5.74, 6) is -0.0177. The van der Waals surface area contributed by atoms with Crippen LogP contribution in [0.3, 0.4) is 0 Å². The van der Waals surface area contributed by atoms with Crippen molar-refractivity contribution < 1.29 is 4.79 Å². The molecule has 0 spiro atoms. The highest BCUT2D eigenvalue weighted by atomic mass is 35.5. The summed E-state index contributed by atoms with van der Waals surface area (Å²) in [4.78, 5) is 19.1. The molecule has 0 aliphatic carbocycles. The van der Waals surface area contributed by atoms with Crippen molar-refractivity contribution in [1.29, 1.82) is 0 Å². The van der Waals surface area contributed by atoms with Gasteiger partial charge >= 0.3 is 0 Å². The molecule has 0 atom stereocenters. The molecule has 0 radical (unpaired) electrons. The molecule has 3 heterocycles. The minimum Gasteiger partial charge on any atom is -0.378 e. The lowest BCUT2D eigenvalue weighted by Gasteiger charge is -2.33. The van der Waals surface area contributed by atoms with Gasteiger partial charge in [0.25, 0.3) is 5.91 Å². The van der Waals surface area contributed by atoms with E-state index in [-0.39, 0.29) is 5.91 Å². The molecule has 1 saturated heterocycles. The Labute approximate surface area is 146 Å². The van der Waals surface area contributed by atoms with E-state index in [1.54, 1.807) is 29.4 Å². The van der Waals surface area contributed by atoms with Gasteiger partial charge in [-0.1, -0.05) is 11.6 Å². The maximum absolute atomic E-state index is 12.9. The molecule has 24 heavy (non-hydrogen) atoms. The van der Waals surface area contributed by atoms with E-state index in [9.17, 15) is 4.79 Å². The molecular weight excluding hydrogens is 324 g/mol. The molecule has 0 bridgehead atoms. The van der Waals surface area contributed by atoms with Gasteiger partial charge in [0, 0.05) is 23.7 Å². The second kappa shape index (κ2) is 5.46. The Bertz CT molecular complexity index is 816. The number of halogens is 1. The number of benzene rings is 1. The number of rotatable bonds is 3. The second-order valence-corrected chi connectivity index (χ2v) is 7.26. The molecule has 1 aromatic carbocycles. The van der Waals surface area contributed by atoms with Crippen molar-refractivity contribution in [3.63, 3.8) is 0 Å². The Morgan fingerprint density at radius 1 is 1.29 bits per heavy atom. The molecule has 1 amide bonds. The lowest BCUT2D eigenvalue weighted by atomic mass is 9.93. The second-order valence-electron chi connectivity index (χ2n) is 6.82. The summed E-state index contributed by atoms with van der Waals surface area (Å²) in [5, 5.41) is 7.30. The summed E-state index contributed by atoms with van der Waals surface area (Å²) >= 11 is 6.14. The fraction of sp³-hybridized carbons (Fsp3) is 0.333. The van der Waals surface area contributed by atoms with E-state index < -0.39 is 5.54 Å². The molecule has 2 aliphatic heterocycles. The minimum atomic E-state index is -0.477.